The summed E-state index contributed by atoms with van der Waals surface area (Å²) in [5.41, 5.74) is 4.74. The van der Waals surface area contributed by atoms with E-state index in [9.17, 15) is 14.0 Å². The standard InChI is InChI=1S/C26H24FN3O2/c1-16-10-11-19-18(15-29-23(19)14-16)12-13-28-25(31)21-8-5-6-17(2)24(21)30-26(32)20-7-3-4-9-22(20)27/h3-11,14-15,29H,12-13H2,1-2H3,(H,28,31)(H,30,32). The first-order valence-electron chi connectivity index (χ1n) is 10.4. The lowest BCUT2D eigenvalue weighted by molar-refractivity contribution is 0.0955. The number of fused-ring (bicyclic) bond motifs is 1. The van der Waals surface area contributed by atoms with Gasteiger partial charge >= 0.3 is 0 Å². The molecule has 0 spiro atoms. The normalized spacial score (nSPS) is 10.8. The topological polar surface area (TPSA) is 74.0 Å². The number of rotatable bonds is 6. The van der Waals surface area contributed by atoms with Crippen LogP contribution < -0.4 is 10.6 Å². The first-order valence-corrected chi connectivity index (χ1v) is 10.4. The summed E-state index contributed by atoms with van der Waals surface area (Å²) in [4.78, 5) is 28.8. The molecule has 5 nitrogen and oxygen atoms in total. The van der Waals surface area contributed by atoms with E-state index in [0.29, 0.717) is 29.8 Å². The van der Waals surface area contributed by atoms with Gasteiger partial charge in [0.1, 0.15) is 5.82 Å². The number of nitrogens with one attached hydrogen (secondary N) is 3. The monoisotopic (exact) mass is 429 g/mol. The lowest BCUT2D eigenvalue weighted by Crippen LogP contribution is -2.27. The highest BCUT2D eigenvalue weighted by Crippen LogP contribution is 2.23. The molecule has 3 N–H and O–H groups in total. The number of carbonyl (C=O) groups excluding carboxylic acids is 2. The second-order valence-corrected chi connectivity index (χ2v) is 7.80. The molecular formula is C26H24FN3O2. The van der Waals surface area contributed by atoms with Crippen LogP contribution in [-0.4, -0.2) is 23.3 Å². The molecule has 3 aromatic carbocycles. The summed E-state index contributed by atoms with van der Waals surface area (Å²) >= 11 is 0. The van der Waals surface area contributed by atoms with Crippen LogP contribution in [0.3, 0.4) is 0 Å². The molecule has 0 aliphatic carbocycles. The molecule has 2 amide bonds. The second kappa shape index (κ2) is 9.06. The Labute approximate surface area is 185 Å². The minimum absolute atomic E-state index is 0.0725. The minimum atomic E-state index is -0.612. The predicted octanol–water partition coefficient (Wildman–Crippen LogP) is 5.15. The minimum Gasteiger partial charge on any atom is -0.361 e. The van der Waals surface area contributed by atoms with Crippen LogP contribution >= 0.6 is 0 Å². The third-order valence-electron chi connectivity index (χ3n) is 5.48. The van der Waals surface area contributed by atoms with Gasteiger partial charge in [-0.2, -0.15) is 0 Å². The van der Waals surface area contributed by atoms with Gasteiger partial charge in [-0.1, -0.05) is 36.4 Å². The van der Waals surface area contributed by atoms with Crippen molar-refractivity contribution < 1.29 is 14.0 Å². The number of hydrogen-bond acceptors (Lipinski definition) is 2. The Hall–Kier alpha value is -3.93. The number of amides is 2. The quantitative estimate of drug-likeness (QED) is 0.397. The summed E-state index contributed by atoms with van der Waals surface area (Å²) in [7, 11) is 0. The molecule has 162 valence electrons. The zero-order valence-corrected chi connectivity index (χ0v) is 18.0. The maximum atomic E-state index is 14.0. The Kier molecular flexibility index (Phi) is 6.03. The van der Waals surface area contributed by atoms with Gasteiger partial charge in [-0.25, -0.2) is 4.39 Å². The van der Waals surface area contributed by atoms with Crippen molar-refractivity contribution in [2.45, 2.75) is 20.3 Å². The number of halogens is 1. The lowest BCUT2D eigenvalue weighted by Gasteiger charge is -2.14. The zero-order chi connectivity index (χ0) is 22.7. The number of anilines is 1. The number of H-pyrrole nitrogens is 1. The molecule has 0 radical (unpaired) electrons. The van der Waals surface area contributed by atoms with Gasteiger partial charge in [0.15, 0.2) is 0 Å². The number of carbonyl (C=O) groups is 2. The third kappa shape index (κ3) is 4.39. The third-order valence-corrected chi connectivity index (χ3v) is 5.48. The summed E-state index contributed by atoms with van der Waals surface area (Å²) in [5.74, 6) is -1.51. The number of aromatic amines is 1. The molecule has 4 rings (SSSR count). The summed E-state index contributed by atoms with van der Waals surface area (Å²) in [6.45, 7) is 4.28. The lowest BCUT2D eigenvalue weighted by atomic mass is 10.1. The molecule has 0 bridgehead atoms. The first kappa shape index (κ1) is 21.3. The molecule has 0 aliphatic rings. The van der Waals surface area contributed by atoms with E-state index in [-0.39, 0.29) is 11.5 Å². The SMILES string of the molecule is Cc1ccc2c(CCNC(=O)c3cccc(C)c3NC(=O)c3ccccc3F)c[nH]c2c1. The van der Waals surface area contributed by atoms with Crippen LogP contribution in [0.1, 0.15) is 37.4 Å². The van der Waals surface area contributed by atoms with Crippen molar-refractivity contribution in [2.75, 3.05) is 11.9 Å². The Balaban J connectivity index is 1.47. The Bertz CT molecular complexity index is 1310. The molecule has 0 fully saturated rings. The van der Waals surface area contributed by atoms with Crippen molar-refractivity contribution >= 4 is 28.4 Å². The summed E-state index contributed by atoms with van der Waals surface area (Å²) in [6.07, 6.45) is 2.63. The van der Waals surface area contributed by atoms with Crippen LogP contribution in [-0.2, 0) is 6.42 Å². The average molecular weight is 429 g/mol. The van der Waals surface area contributed by atoms with Gasteiger partial charge in [0.25, 0.3) is 11.8 Å². The molecule has 0 unspecified atom stereocenters. The highest BCUT2D eigenvalue weighted by atomic mass is 19.1. The number of aromatic nitrogens is 1. The Morgan fingerprint density at radius 1 is 0.938 bits per heavy atom. The largest absolute Gasteiger partial charge is 0.361 e. The summed E-state index contributed by atoms with van der Waals surface area (Å²) in [6, 6.07) is 17.2. The van der Waals surface area contributed by atoms with E-state index < -0.39 is 11.7 Å². The number of benzene rings is 3. The van der Waals surface area contributed by atoms with Crippen LogP contribution in [0, 0.1) is 19.7 Å². The fourth-order valence-corrected chi connectivity index (χ4v) is 3.76. The Morgan fingerprint density at radius 2 is 1.72 bits per heavy atom. The van der Waals surface area contributed by atoms with E-state index in [1.54, 1.807) is 31.2 Å². The molecule has 32 heavy (non-hydrogen) atoms. The average Bonchev–Trinajstić information content (AvgIpc) is 3.17. The molecule has 4 aromatic rings. The highest BCUT2D eigenvalue weighted by Gasteiger charge is 2.18. The van der Waals surface area contributed by atoms with Crippen LogP contribution in [0.25, 0.3) is 10.9 Å². The molecule has 0 saturated heterocycles. The van der Waals surface area contributed by atoms with Gasteiger partial charge < -0.3 is 15.6 Å². The van der Waals surface area contributed by atoms with Gasteiger partial charge in [-0.3, -0.25) is 9.59 Å². The summed E-state index contributed by atoms with van der Waals surface area (Å²) in [5, 5.41) is 6.77. The van der Waals surface area contributed by atoms with Gasteiger partial charge in [0.2, 0.25) is 0 Å². The van der Waals surface area contributed by atoms with Crippen molar-refractivity contribution in [3.63, 3.8) is 0 Å². The highest BCUT2D eigenvalue weighted by molar-refractivity contribution is 6.09. The maximum Gasteiger partial charge on any atom is 0.258 e. The maximum absolute atomic E-state index is 14.0. The fraction of sp³-hybridized carbons (Fsp3) is 0.154. The van der Waals surface area contributed by atoms with E-state index in [1.165, 1.54) is 23.8 Å². The van der Waals surface area contributed by atoms with Gasteiger partial charge in [-0.15, -0.1) is 0 Å². The number of hydrogen-bond donors (Lipinski definition) is 3. The van der Waals surface area contributed by atoms with Gasteiger partial charge in [0.05, 0.1) is 16.8 Å². The Morgan fingerprint density at radius 3 is 2.53 bits per heavy atom. The van der Waals surface area contributed by atoms with E-state index in [0.717, 1.165) is 16.5 Å². The number of aryl methyl sites for hydroxylation is 2. The second-order valence-electron chi connectivity index (χ2n) is 7.80. The molecule has 6 heteroatoms. The van der Waals surface area contributed by atoms with Gasteiger partial charge in [0, 0.05) is 23.6 Å². The van der Waals surface area contributed by atoms with E-state index in [1.807, 2.05) is 13.1 Å². The van der Waals surface area contributed by atoms with E-state index >= 15 is 0 Å². The van der Waals surface area contributed by atoms with Crippen LogP contribution in [0.5, 0.6) is 0 Å². The zero-order valence-electron chi connectivity index (χ0n) is 18.0. The van der Waals surface area contributed by atoms with Crippen molar-refractivity contribution in [2.24, 2.45) is 0 Å². The van der Waals surface area contributed by atoms with E-state index in [4.69, 9.17) is 0 Å². The van der Waals surface area contributed by atoms with Crippen molar-refractivity contribution in [3.05, 3.63) is 100 Å². The smallest absolute Gasteiger partial charge is 0.258 e. The van der Waals surface area contributed by atoms with Crippen molar-refractivity contribution in [1.82, 2.24) is 10.3 Å². The predicted molar refractivity (Wildman–Crippen MR) is 125 cm³/mol. The first-order chi connectivity index (χ1) is 15.4. The van der Waals surface area contributed by atoms with Gasteiger partial charge in [-0.05, 0) is 61.2 Å². The van der Waals surface area contributed by atoms with Crippen molar-refractivity contribution in [3.8, 4) is 0 Å². The molecule has 0 saturated carbocycles. The molecule has 0 atom stereocenters. The van der Waals surface area contributed by atoms with E-state index in [2.05, 4.69) is 33.8 Å². The molecule has 0 aliphatic heterocycles. The molecule has 1 aromatic heterocycles. The molecular weight excluding hydrogens is 405 g/mol. The van der Waals surface area contributed by atoms with Crippen LogP contribution in [0.15, 0.2) is 66.9 Å². The van der Waals surface area contributed by atoms with Crippen LogP contribution in [0.4, 0.5) is 10.1 Å². The fourth-order valence-electron chi connectivity index (χ4n) is 3.76. The van der Waals surface area contributed by atoms with Crippen LogP contribution in [0.2, 0.25) is 0 Å². The summed E-state index contributed by atoms with van der Waals surface area (Å²) < 4.78 is 14.0. The molecule has 1 heterocycles. The number of para-hydroxylation sites is 1. The van der Waals surface area contributed by atoms with Crippen molar-refractivity contribution in [1.29, 1.82) is 0 Å².